The van der Waals surface area contributed by atoms with Crippen molar-refractivity contribution in [3.8, 4) is 5.75 Å². The van der Waals surface area contributed by atoms with E-state index in [1.165, 1.54) is 12.1 Å². The van der Waals surface area contributed by atoms with Crippen LogP contribution < -0.4 is 15.4 Å². The van der Waals surface area contributed by atoms with Gasteiger partial charge in [0.05, 0.1) is 13.2 Å². The standard InChI is InChI=1S/C14H17F3N2O3/c15-11-2-1-3-12(22-14(16)17)10(11)7-19-13(20)6-9-8-21-5-4-18-9/h1-3,9,14,18H,4-8H2,(H,19,20). The minimum Gasteiger partial charge on any atom is -0.434 e. The lowest BCUT2D eigenvalue weighted by atomic mass is 10.1. The number of nitrogens with one attached hydrogen (secondary N) is 2. The Bertz CT molecular complexity index is 508. The third kappa shape index (κ3) is 4.88. The molecule has 1 amide bonds. The lowest BCUT2D eigenvalue weighted by Gasteiger charge is -2.23. The van der Waals surface area contributed by atoms with Gasteiger partial charge >= 0.3 is 6.61 Å². The van der Waals surface area contributed by atoms with Crippen molar-refractivity contribution in [1.82, 2.24) is 10.6 Å². The van der Waals surface area contributed by atoms with Crippen LogP contribution >= 0.6 is 0 Å². The van der Waals surface area contributed by atoms with Gasteiger partial charge < -0.3 is 20.1 Å². The fourth-order valence-electron chi connectivity index (χ4n) is 2.15. The lowest BCUT2D eigenvalue weighted by Crippen LogP contribution is -2.44. The molecule has 5 nitrogen and oxygen atoms in total. The van der Waals surface area contributed by atoms with E-state index >= 15 is 0 Å². The maximum atomic E-state index is 13.7. The zero-order valence-electron chi connectivity index (χ0n) is 11.8. The molecule has 0 aliphatic carbocycles. The van der Waals surface area contributed by atoms with Crippen LogP contribution in [-0.4, -0.2) is 38.3 Å². The predicted molar refractivity (Wildman–Crippen MR) is 72.1 cm³/mol. The fraction of sp³-hybridized carbons (Fsp3) is 0.500. The van der Waals surface area contributed by atoms with Crippen molar-refractivity contribution in [1.29, 1.82) is 0 Å². The molecule has 0 saturated carbocycles. The molecule has 1 saturated heterocycles. The summed E-state index contributed by atoms with van der Waals surface area (Å²) in [6.07, 6.45) is 0.166. The molecule has 2 N–H and O–H groups in total. The molecule has 0 aromatic heterocycles. The Balaban J connectivity index is 1.91. The van der Waals surface area contributed by atoms with Crippen molar-refractivity contribution in [2.45, 2.75) is 25.6 Å². The van der Waals surface area contributed by atoms with Crippen molar-refractivity contribution >= 4 is 5.91 Å². The minimum atomic E-state index is -3.06. The molecular weight excluding hydrogens is 301 g/mol. The topological polar surface area (TPSA) is 59.6 Å². The Labute approximate surface area is 125 Å². The second kappa shape index (κ2) is 8.00. The van der Waals surface area contributed by atoms with Crippen LogP contribution in [-0.2, 0) is 16.1 Å². The van der Waals surface area contributed by atoms with Gasteiger partial charge in [0.15, 0.2) is 0 Å². The lowest BCUT2D eigenvalue weighted by molar-refractivity contribution is -0.122. The van der Waals surface area contributed by atoms with Gasteiger partial charge in [0, 0.05) is 31.1 Å². The van der Waals surface area contributed by atoms with Crippen molar-refractivity contribution in [3.63, 3.8) is 0 Å². The van der Waals surface area contributed by atoms with Crippen LogP contribution in [0.15, 0.2) is 18.2 Å². The molecule has 122 valence electrons. The number of ether oxygens (including phenoxy) is 2. The zero-order valence-corrected chi connectivity index (χ0v) is 11.8. The van der Waals surface area contributed by atoms with Crippen LogP contribution in [0.4, 0.5) is 13.2 Å². The van der Waals surface area contributed by atoms with E-state index < -0.39 is 12.4 Å². The number of benzene rings is 1. The van der Waals surface area contributed by atoms with E-state index in [0.29, 0.717) is 19.8 Å². The molecule has 8 heteroatoms. The Kier molecular flexibility index (Phi) is 6.02. The van der Waals surface area contributed by atoms with Gasteiger partial charge in [-0.25, -0.2) is 4.39 Å². The Morgan fingerprint density at radius 1 is 1.50 bits per heavy atom. The first kappa shape index (κ1) is 16.6. The third-order valence-corrected chi connectivity index (χ3v) is 3.18. The number of carbonyl (C=O) groups excluding carboxylic acids is 1. The molecule has 1 aliphatic rings. The highest BCUT2D eigenvalue weighted by Crippen LogP contribution is 2.23. The summed E-state index contributed by atoms with van der Waals surface area (Å²) in [5, 5.41) is 5.61. The summed E-state index contributed by atoms with van der Waals surface area (Å²) in [4.78, 5) is 11.8. The van der Waals surface area contributed by atoms with E-state index in [4.69, 9.17) is 4.74 Å². The summed E-state index contributed by atoms with van der Waals surface area (Å²) >= 11 is 0. The molecule has 1 aliphatic heterocycles. The molecule has 1 aromatic rings. The molecule has 1 heterocycles. The van der Waals surface area contributed by atoms with Crippen LogP contribution in [0.1, 0.15) is 12.0 Å². The molecule has 1 atom stereocenters. The average molecular weight is 318 g/mol. The molecule has 1 fully saturated rings. The summed E-state index contributed by atoms with van der Waals surface area (Å²) in [5.74, 6) is -1.32. The van der Waals surface area contributed by atoms with Gasteiger partial charge in [-0.1, -0.05) is 6.07 Å². The highest BCUT2D eigenvalue weighted by Gasteiger charge is 2.18. The first-order valence-electron chi connectivity index (χ1n) is 6.86. The fourth-order valence-corrected chi connectivity index (χ4v) is 2.15. The van der Waals surface area contributed by atoms with Gasteiger partial charge in [0.1, 0.15) is 11.6 Å². The molecule has 0 radical (unpaired) electrons. The van der Waals surface area contributed by atoms with Gasteiger partial charge in [-0.2, -0.15) is 8.78 Å². The molecule has 2 rings (SSSR count). The quantitative estimate of drug-likeness (QED) is 0.833. The number of hydrogen-bond acceptors (Lipinski definition) is 4. The summed E-state index contributed by atoms with van der Waals surface area (Å²) in [6, 6.07) is 3.51. The van der Waals surface area contributed by atoms with E-state index in [2.05, 4.69) is 15.4 Å². The number of amides is 1. The number of alkyl halides is 2. The monoisotopic (exact) mass is 318 g/mol. The number of morpholine rings is 1. The van der Waals surface area contributed by atoms with E-state index in [1.807, 2.05) is 0 Å². The molecular formula is C14H17F3N2O3. The first-order valence-corrected chi connectivity index (χ1v) is 6.86. The molecule has 22 heavy (non-hydrogen) atoms. The summed E-state index contributed by atoms with van der Waals surface area (Å²) < 4.78 is 47.7. The molecule has 1 unspecified atom stereocenters. The van der Waals surface area contributed by atoms with Crippen LogP contribution in [0.25, 0.3) is 0 Å². The largest absolute Gasteiger partial charge is 0.434 e. The van der Waals surface area contributed by atoms with E-state index in [1.54, 1.807) is 0 Å². The first-order chi connectivity index (χ1) is 10.6. The van der Waals surface area contributed by atoms with Gasteiger partial charge in [-0.05, 0) is 12.1 Å². The van der Waals surface area contributed by atoms with Crippen LogP contribution in [0.5, 0.6) is 5.75 Å². The van der Waals surface area contributed by atoms with E-state index in [-0.39, 0.29) is 36.2 Å². The summed E-state index contributed by atoms with van der Waals surface area (Å²) in [5.41, 5.74) is -0.107. The Morgan fingerprint density at radius 2 is 2.32 bits per heavy atom. The summed E-state index contributed by atoms with van der Waals surface area (Å²) in [6.45, 7) is -1.59. The van der Waals surface area contributed by atoms with Gasteiger partial charge in [0.25, 0.3) is 0 Å². The predicted octanol–water partition coefficient (Wildman–Crippen LogP) is 1.42. The molecule has 1 aromatic carbocycles. The number of carbonyl (C=O) groups is 1. The van der Waals surface area contributed by atoms with Crippen LogP contribution in [0, 0.1) is 5.82 Å². The summed E-state index contributed by atoms with van der Waals surface area (Å²) in [7, 11) is 0. The second-order valence-corrected chi connectivity index (χ2v) is 4.80. The van der Waals surface area contributed by atoms with Crippen LogP contribution in [0.3, 0.4) is 0 Å². The van der Waals surface area contributed by atoms with E-state index in [9.17, 15) is 18.0 Å². The Hall–Kier alpha value is -1.80. The third-order valence-electron chi connectivity index (χ3n) is 3.18. The number of hydrogen-bond donors (Lipinski definition) is 2. The maximum absolute atomic E-state index is 13.7. The molecule has 0 spiro atoms. The van der Waals surface area contributed by atoms with Gasteiger partial charge in [-0.15, -0.1) is 0 Å². The maximum Gasteiger partial charge on any atom is 0.387 e. The number of rotatable bonds is 6. The van der Waals surface area contributed by atoms with Gasteiger partial charge in [-0.3, -0.25) is 4.79 Å². The van der Waals surface area contributed by atoms with Crippen LogP contribution in [0.2, 0.25) is 0 Å². The zero-order chi connectivity index (χ0) is 15.9. The van der Waals surface area contributed by atoms with E-state index in [0.717, 1.165) is 6.07 Å². The Morgan fingerprint density at radius 3 is 3.00 bits per heavy atom. The van der Waals surface area contributed by atoms with Gasteiger partial charge in [0.2, 0.25) is 5.91 Å². The van der Waals surface area contributed by atoms with Crippen molar-refractivity contribution in [2.75, 3.05) is 19.8 Å². The van der Waals surface area contributed by atoms with Crippen molar-refractivity contribution < 1.29 is 27.4 Å². The second-order valence-electron chi connectivity index (χ2n) is 4.80. The van der Waals surface area contributed by atoms with Crippen molar-refractivity contribution in [3.05, 3.63) is 29.6 Å². The number of halogens is 3. The average Bonchev–Trinajstić information content (AvgIpc) is 2.47. The molecule has 0 bridgehead atoms. The minimum absolute atomic E-state index is 0.105. The SMILES string of the molecule is O=C(CC1COCCN1)NCc1c(F)cccc1OC(F)F. The smallest absolute Gasteiger partial charge is 0.387 e. The van der Waals surface area contributed by atoms with Crippen molar-refractivity contribution in [2.24, 2.45) is 0 Å². The highest BCUT2D eigenvalue weighted by atomic mass is 19.3. The highest BCUT2D eigenvalue weighted by molar-refractivity contribution is 5.76. The normalized spacial score (nSPS) is 18.3.